The highest BCUT2D eigenvalue weighted by atomic mass is 16.5. The molecule has 0 bridgehead atoms. The predicted octanol–water partition coefficient (Wildman–Crippen LogP) is 2.87. The summed E-state index contributed by atoms with van der Waals surface area (Å²) >= 11 is 0. The Hall–Kier alpha value is -1.32. The molecular weight excluding hydrogens is 214 g/mol. The maximum atomic E-state index is 5.71. The van der Waals surface area contributed by atoms with E-state index in [1.807, 2.05) is 32.0 Å². The van der Waals surface area contributed by atoms with Gasteiger partial charge in [0.1, 0.15) is 11.3 Å². The van der Waals surface area contributed by atoms with E-state index >= 15 is 0 Å². The van der Waals surface area contributed by atoms with Crippen LogP contribution >= 0.6 is 0 Å². The Morgan fingerprint density at radius 1 is 1.35 bits per heavy atom. The second-order valence-electron chi connectivity index (χ2n) is 4.31. The SMILES string of the molecule is COC(C)CNCc1c(C)oc2ccccc12. The smallest absolute Gasteiger partial charge is 0.134 e. The Kier molecular flexibility index (Phi) is 3.82. The topological polar surface area (TPSA) is 34.4 Å². The van der Waals surface area contributed by atoms with Crippen LogP contribution in [0.1, 0.15) is 18.2 Å². The molecule has 1 aromatic heterocycles. The van der Waals surface area contributed by atoms with Gasteiger partial charge in [0.2, 0.25) is 0 Å². The number of hydrogen-bond donors (Lipinski definition) is 1. The first-order chi connectivity index (χ1) is 8.22. The lowest BCUT2D eigenvalue weighted by Gasteiger charge is -2.10. The highest BCUT2D eigenvalue weighted by Gasteiger charge is 2.09. The minimum atomic E-state index is 0.230. The van der Waals surface area contributed by atoms with Gasteiger partial charge in [0.05, 0.1) is 6.10 Å². The number of furan rings is 1. The summed E-state index contributed by atoms with van der Waals surface area (Å²) in [6.45, 7) is 5.72. The number of rotatable bonds is 5. The van der Waals surface area contributed by atoms with Gasteiger partial charge in [0.15, 0.2) is 0 Å². The van der Waals surface area contributed by atoms with Crippen LogP contribution in [0.3, 0.4) is 0 Å². The van der Waals surface area contributed by atoms with Crippen molar-refractivity contribution in [1.29, 1.82) is 0 Å². The molecule has 3 nitrogen and oxygen atoms in total. The van der Waals surface area contributed by atoms with E-state index in [0.717, 1.165) is 24.4 Å². The number of nitrogens with one attached hydrogen (secondary N) is 1. The van der Waals surface area contributed by atoms with Crippen molar-refractivity contribution < 1.29 is 9.15 Å². The Morgan fingerprint density at radius 2 is 2.12 bits per heavy atom. The molecule has 0 amide bonds. The van der Waals surface area contributed by atoms with E-state index < -0.39 is 0 Å². The second-order valence-corrected chi connectivity index (χ2v) is 4.31. The van der Waals surface area contributed by atoms with E-state index in [1.165, 1.54) is 10.9 Å². The number of methoxy groups -OCH3 is 1. The molecule has 17 heavy (non-hydrogen) atoms. The monoisotopic (exact) mass is 233 g/mol. The summed E-state index contributed by atoms with van der Waals surface area (Å²) in [5.74, 6) is 0.990. The van der Waals surface area contributed by atoms with Crippen LogP contribution in [-0.2, 0) is 11.3 Å². The van der Waals surface area contributed by atoms with Gasteiger partial charge < -0.3 is 14.5 Å². The molecule has 0 saturated heterocycles. The fourth-order valence-electron chi connectivity index (χ4n) is 1.92. The summed E-state index contributed by atoms with van der Waals surface area (Å²) in [4.78, 5) is 0. The zero-order valence-corrected chi connectivity index (χ0v) is 10.6. The molecule has 1 N–H and O–H groups in total. The molecule has 0 aliphatic heterocycles. The second kappa shape index (κ2) is 5.34. The normalized spacial score (nSPS) is 13.1. The molecule has 3 heteroatoms. The molecule has 0 fully saturated rings. The van der Waals surface area contributed by atoms with E-state index in [-0.39, 0.29) is 6.10 Å². The molecule has 92 valence electrons. The number of ether oxygens (including phenoxy) is 1. The summed E-state index contributed by atoms with van der Waals surface area (Å²) in [5.41, 5.74) is 2.20. The summed E-state index contributed by atoms with van der Waals surface area (Å²) < 4.78 is 10.9. The first-order valence-corrected chi connectivity index (χ1v) is 5.93. The molecule has 0 spiro atoms. The first kappa shape index (κ1) is 12.1. The van der Waals surface area contributed by atoms with Gasteiger partial charge in [-0.1, -0.05) is 18.2 Å². The van der Waals surface area contributed by atoms with Crippen molar-refractivity contribution in [2.24, 2.45) is 0 Å². The van der Waals surface area contributed by atoms with Gasteiger partial charge >= 0.3 is 0 Å². The summed E-state index contributed by atoms with van der Waals surface area (Å²) in [7, 11) is 1.73. The van der Waals surface area contributed by atoms with Crippen LogP contribution in [0.15, 0.2) is 28.7 Å². The van der Waals surface area contributed by atoms with E-state index in [2.05, 4.69) is 11.4 Å². The van der Waals surface area contributed by atoms with E-state index in [9.17, 15) is 0 Å². The third kappa shape index (κ3) is 2.68. The minimum absolute atomic E-state index is 0.230. The third-order valence-corrected chi connectivity index (χ3v) is 3.04. The summed E-state index contributed by atoms with van der Waals surface area (Å²) in [6, 6.07) is 8.14. The summed E-state index contributed by atoms with van der Waals surface area (Å²) in [6.07, 6.45) is 0.230. The van der Waals surface area contributed by atoms with Gasteiger partial charge in [-0.3, -0.25) is 0 Å². The van der Waals surface area contributed by atoms with Gasteiger partial charge in [-0.25, -0.2) is 0 Å². The van der Waals surface area contributed by atoms with Crippen LogP contribution in [0.5, 0.6) is 0 Å². The number of para-hydroxylation sites is 1. The first-order valence-electron chi connectivity index (χ1n) is 5.93. The molecule has 0 saturated carbocycles. The average molecular weight is 233 g/mol. The molecule has 2 aromatic rings. The molecule has 1 unspecified atom stereocenters. The zero-order chi connectivity index (χ0) is 12.3. The lowest BCUT2D eigenvalue weighted by atomic mass is 10.1. The maximum absolute atomic E-state index is 5.71. The fourth-order valence-corrected chi connectivity index (χ4v) is 1.92. The Labute approximate surface area is 102 Å². The van der Waals surface area contributed by atoms with Crippen molar-refractivity contribution in [2.75, 3.05) is 13.7 Å². The number of hydrogen-bond acceptors (Lipinski definition) is 3. The lowest BCUT2D eigenvalue weighted by Crippen LogP contribution is -2.25. The van der Waals surface area contributed by atoms with E-state index in [4.69, 9.17) is 9.15 Å². The Bertz CT molecular complexity index is 490. The van der Waals surface area contributed by atoms with Crippen LogP contribution in [0, 0.1) is 6.92 Å². The van der Waals surface area contributed by atoms with Gasteiger partial charge in [-0.2, -0.15) is 0 Å². The van der Waals surface area contributed by atoms with Gasteiger partial charge in [-0.15, -0.1) is 0 Å². The number of fused-ring (bicyclic) bond motifs is 1. The third-order valence-electron chi connectivity index (χ3n) is 3.04. The van der Waals surface area contributed by atoms with Crippen molar-refractivity contribution in [3.05, 3.63) is 35.6 Å². The van der Waals surface area contributed by atoms with Crippen LogP contribution in [0.2, 0.25) is 0 Å². The van der Waals surface area contributed by atoms with Gasteiger partial charge in [0, 0.05) is 31.1 Å². The van der Waals surface area contributed by atoms with Crippen LogP contribution < -0.4 is 5.32 Å². The highest BCUT2D eigenvalue weighted by molar-refractivity contribution is 5.82. The van der Waals surface area contributed by atoms with E-state index in [1.54, 1.807) is 7.11 Å². The molecular formula is C14H19NO2. The minimum Gasteiger partial charge on any atom is -0.461 e. The Morgan fingerprint density at radius 3 is 2.88 bits per heavy atom. The van der Waals surface area contributed by atoms with Gasteiger partial charge in [0.25, 0.3) is 0 Å². The lowest BCUT2D eigenvalue weighted by molar-refractivity contribution is 0.117. The van der Waals surface area contributed by atoms with Crippen LogP contribution in [0.25, 0.3) is 11.0 Å². The van der Waals surface area contributed by atoms with Crippen molar-refractivity contribution in [3.8, 4) is 0 Å². The van der Waals surface area contributed by atoms with Crippen LogP contribution in [-0.4, -0.2) is 19.8 Å². The molecule has 2 rings (SSSR count). The zero-order valence-electron chi connectivity index (χ0n) is 10.6. The number of aryl methyl sites for hydroxylation is 1. The molecule has 1 aromatic carbocycles. The largest absolute Gasteiger partial charge is 0.461 e. The highest BCUT2D eigenvalue weighted by Crippen LogP contribution is 2.24. The standard InChI is InChI=1S/C14H19NO2/c1-10(16-3)8-15-9-13-11(2)17-14-7-5-4-6-12(13)14/h4-7,10,15H,8-9H2,1-3H3. The fraction of sp³-hybridized carbons (Fsp3) is 0.429. The van der Waals surface area contributed by atoms with Crippen molar-refractivity contribution in [3.63, 3.8) is 0 Å². The molecule has 0 aliphatic carbocycles. The van der Waals surface area contributed by atoms with Crippen LogP contribution in [0.4, 0.5) is 0 Å². The summed E-state index contributed by atoms with van der Waals surface area (Å²) in [5, 5.41) is 4.58. The molecule has 0 aliphatic rings. The van der Waals surface area contributed by atoms with Crippen molar-refractivity contribution >= 4 is 11.0 Å². The molecule has 0 radical (unpaired) electrons. The average Bonchev–Trinajstić information content (AvgIpc) is 2.66. The van der Waals surface area contributed by atoms with Crippen molar-refractivity contribution in [1.82, 2.24) is 5.32 Å². The van der Waals surface area contributed by atoms with E-state index in [0.29, 0.717) is 0 Å². The van der Waals surface area contributed by atoms with Crippen molar-refractivity contribution in [2.45, 2.75) is 26.5 Å². The quantitative estimate of drug-likeness (QED) is 0.862. The predicted molar refractivity (Wildman–Crippen MR) is 69.1 cm³/mol. The molecule has 1 atom stereocenters. The maximum Gasteiger partial charge on any atom is 0.134 e. The Balaban J connectivity index is 2.10. The number of benzene rings is 1. The van der Waals surface area contributed by atoms with Gasteiger partial charge in [-0.05, 0) is 19.9 Å². The molecule has 1 heterocycles.